The Morgan fingerprint density at radius 2 is 2.44 bits per heavy atom. The molecule has 0 aromatic carbocycles. The molecular formula is C13H16N2O3. The lowest BCUT2D eigenvalue weighted by Gasteiger charge is -2.10. The summed E-state index contributed by atoms with van der Waals surface area (Å²) in [5.41, 5.74) is 1.44. The molecule has 1 saturated heterocycles. The molecule has 1 aromatic heterocycles. The summed E-state index contributed by atoms with van der Waals surface area (Å²) in [5.74, 6) is -0.226. The van der Waals surface area contributed by atoms with Gasteiger partial charge in [-0.05, 0) is 18.1 Å². The Balaban J connectivity index is 1.93. The van der Waals surface area contributed by atoms with Gasteiger partial charge in [0, 0.05) is 31.3 Å². The monoisotopic (exact) mass is 248 g/mol. The van der Waals surface area contributed by atoms with E-state index in [0.29, 0.717) is 18.5 Å². The molecule has 0 bridgehead atoms. The van der Waals surface area contributed by atoms with Crippen LogP contribution in [0.2, 0.25) is 0 Å². The summed E-state index contributed by atoms with van der Waals surface area (Å²) >= 11 is 0. The zero-order chi connectivity index (χ0) is 13.0. The minimum absolute atomic E-state index is 0.0224. The summed E-state index contributed by atoms with van der Waals surface area (Å²) in [4.78, 5) is 26.9. The number of carbonyl (C=O) groups is 2. The normalized spacial score (nSPS) is 18.5. The molecule has 18 heavy (non-hydrogen) atoms. The first kappa shape index (κ1) is 12.5. The lowest BCUT2D eigenvalue weighted by Crippen LogP contribution is -2.18. The van der Waals surface area contributed by atoms with E-state index < -0.39 is 0 Å². The Morgan fingerprint density at radius 3 is 3.11 bits per heavy atom. The largest absolute Gasteiger partial charge is 0.462 e. The maximum Gasteiger partial charge on any atom is 0.338 e. The first-order chi connectivity index (χ1) is 8.70. The second kappa shape index (κ2) is 5.62. The fourth-order valence-corrected chi connectivity index (χ4v) is 1.96. The number of rotatable bonds is 4. The van der Waals surface area contributed by atoms with Crippen molar-refractivity contribution in [2.45, 2.75) is 19.8 Å². The van der Waals surface area contributed by atoms with Gasteiger partial charge >= 0.3 is 5.97 Å². The van der Waals surface area contributed by atoms with Gasteiger partial charge < -0.3 is 10.1 Å². The summed E-state index contributed by atoms with van der Waals surface area (Å²) in [7, 11) is 0. The average Bonchev–Trinajstić information content (AvgIpc) is 2.81. The van der Waals surface area contributed by atoms with E-state index in [2.05, 4.69) is 10.3 Å². The van der Waals surface area contributed by atoms with E-state index in [1.807, 2.05) is 6.92 Å². The Morgan fingerprint density at radius 1 is 1.61 bits per heavy atom. The van der Waals surface area contributed by atoms with Crippen molar-refractivity contribution in [3.05, 3.63) is 29.6 Å². The zero-order valence-corrected chi connectivity index (χ0v) is 10.3. The molecule has 96 valence electrons. The van der Waals surface area contributed by atoms with Crippen molar-refractivity contribution in [1.29, 1.82) is 0 Å². The molecule has 0 radical (unpaired) electrons. The number of pyridine rings is 1. The molecule has 2 rings (SSSR count). The van der Waals surface area contributed by atoms with Crippen molar-refractivity contribution >= 4 is 11.9 Å². The van der Waals surface area contributed by atoms with Gasteiger partial charge in [-0.1, -0.05) is 6.92 Å². The highest BCUT2D eigenvalue weighted by molar-refractivity contribution is 5.91. The maximum atomic E-state index is 11.9. The lowest BCUT2D eigenvalue weighted by molar-refractivity contribution is -0.119. The maximum absolute atomic E-state index is 11.9. The number of aromatic nitrogens is 1. The van der Waals surface area contributed by atoms with Gasteiger partial charge in [-0.3, -0.25) is 9.78 Å². The lowest BCUT2D eigenvalue weighted by atomic mass is 10.1. The number of esters is 1. The molecule has 1 aromatic rings. The predicted molar refractivity (Wildman–Crippen MR) is 65.0 cm³/mol. The minimum atomic E-state index is -0.339. The SMILES string of the molecule is CCc1cnccc1C(=O)OC[C@H]1CNC(=O)C1. The van der Waals surface area contributed by atoms with Gasteiger partial charge in [0.05, 0.1) is 12.2 Å². The Labute approximate surface area is 106 Å². The van der Waals surface area contributed by atoms with Crippen LogP contribution < -0.4 is 5.32 Å². The van der Waals surface area contributed by atoms with Crippen molar-refractivity contribution in [2.75, 3.05) is 13.2 Å². The van der Waals surface area contributed by atoms with Crippen molar-refractivity contribution in [2.24, 2.45) is 5.92 Å². The van der Waals surface area contributed by atoms with Crippen LogP contribution in [0.5, 0.6) is 0 Å². The second-order valence-electron chi connectivity index (χ2n) is 4.36. The molecule has 1 amide bonds. The molecule has 5 nitrogen and oxygen atoms in total. The number of amides is 1. The summed E-state index contributed by atoms with van der Waals surface area (Å²) in [6, 6.07) is 1.67. The number of aryl methyl sites for hydroxylation is 1. The molecule has 2 heterocycles. The fourth-order valence-electron chi connectivity index (χ4n) is 1.96. The molecule has 1 N–H and O–H groups in total. The predicted octanol–water partition coefficient (Wildman–Crippen LogP) is 0.937. The highest BCUT2D eigenvalue weighted by atomic mass is 16.5. The standard InChI is InChI=1S/C13H16N2O3/c1-2-10-7-14-4-3-11(10)13(17)18-8-9-5-12(16)15-6-9/h3-4,7,9H,2,5-6,8H2,1H3,(H,15,16)/t9-/m1/s1. The second-order valence-corrected chi connectivity index (χ2v) is 4.36. The van der Waals surface area contributed by atoms with E-state index in [-0.39, 0.29) is 24.4 Å². The third-order valence-corrected chi connectivity index (χ3v) is 3.02. The van der Waals surface area contributed by atoms with E-state index in [0.717, 1.165) is 12.0 Å². The van der Waals surface area contributed by atoms with Crippen LogP contribution in [-0.4, -0.2) is 30.0 Å². The fraction of sp³-hybridized carbons (Fsp3) is 0.462. The van der Waals surface area contributed by atoms with Gasteiger partial charge in [0.1, 0.15) is 0 Å². The van der Waals surface area contributed by atoms with Crippen molar-refractivity contribution in [3.63, 3.8) is 0 Å². The Bertz CT molecular complexity index is 459. The van der Waals surface area contributed by atoms with Gasteiger partial charge in [0.15, 0.2) is 0 Å². The topological polar surface area (TPSA) is 68.3 Å². The minimum Gasteiger partial charge on any atom is -0.462 e. The summed E-state index contributed by atoms with van der Waals surface area (Å²) in [5, 5.41) is 2.72. The molecule has 1 atom stereocenters. The third kappa shape index (κ3) is 2.85. The number of hydrogen-bond acceptors (Lipinski definition) is 4. The van der Waals surface area contributed by atoms with Crippen LogP contribution in [0.15, 0.2) is 18.5 Å². The Kier molecular flexibility index (Phi) is 3.92. The van der Waals surface area contributed by atoms with Crippen molar-refractivity contribution in [1.82, 2.24) is 10.3 Å². The van der Waals surface area contributed by atoms with E-state index in [4.69, 9.17) is 4.74 Å². The molecule has 1 aliphatic rings. The average molecular weight is 248 g/mol. The molecule has 1 fully saturated rings. The van der Waals surface area contributed by atoms with E-state index in [1.165, 1.54) is 0 Å². The van der Waals surface area contributed by atoms with Gasteiger partial charge in [-0.15, -0.1) is 0 Å². The molecule has 0 saturated carbocycles. The van der Waals surface area contributed by atoms with E-state index >= 15 is 0 Å². The quantitative estimate of drug-likeness (QED) is 0.805. The molecule has 0 aliphatic carbocycles. The Hall–Kier alpha value is -1.91. The number of nitrogens with one attached hydrogen (secondary N) is 1. The van der Waals surface area contributed by atoms with Crippen molar-refractivity contribution in [3.8, 4) is 0 Å². The third-order valence-electron chi connectivity index (χ3n) is 3.02. The highest BCUT2D eigenvalue weighted by Crippen LogP contribution is 2.13. The van der Waals surface area contributed by atoms with E-state index in [1.54, 1.807) is 18.5 Å². The molecule has 5 heteroatoms. The summed E-state index contributed by atoms with van der Waals surface area (Å²) < 4.78 is 5.24. The van der Waals surface area contributed by atoms with Gasteiger partial charge in [-0.2, -0.15) is 0 Å². The molecular weight excluding hydrogens is 232 g/mol. The highest BCUT2D eigenvalue weighted by Gasteiger charge is 2.23. The van der Waals surface area contributed by atoms with Crippen LogP contribution in [0.3, 0.4) is 0 Å². The molecule has 0 unspecified atom stereocenters. The molecule has 1 aliphatic heterocycles. The van der Waals surface area contributed by atoms with E-state index in [9.17, 15) is 9.59 Å². The van der Waals surface area contributed by atoms with Gasteiger partial charge in [0.25, 0.3) is 0 Å². The number of nitrogens with zero attached hydrogens (tertiary/aromatic N) is 1. The van der Waals surface area contributed by atoms with Crippen LogP contribution in [0.1, 0.15) is 29.3 Å². The summed E-state index contributed by atoms with van der Waals surface area (Å²) in [6.07, 6.45) is 4.43. The van der Waals surface area contributed by atoms with Crippen LogP contribution in [0, 0.1) is 5.92 Å². The van der Waals surface area contributed by atoms with Crippen LogP contribution >= 0.6 is 0 Å². The van der Waals surface area contributed by atoms with Gasteiger partial charge in [-0.25, -0.2) is 4.79 Å². The van der Waals surface area contributed by atoms with Crippen LogP contribution in [0.25, 0.3) is 0 Å². The van der Waals surface area contributed by atoms with Crippen molar-refractivity contribution < 1.29 is 14.3 Å². The number of hydrogen-bond donors (Lipinski definition) is 1. The first-order valence-electron chi connectivity index (χ1n) is 6.07. The van der Waals surface area contributed by atoms with Gasteiger partial charge in [0.2, 0.25) is 5.91 Å². The first-order valence-corrected chi connectivity index (χ1v) is 6.07. The number of ether oxygens (including phenoxy) is 1. The summed E-state index contributed by atoms with van der Waals surface area (Å²) in [6.45, 7) is 2.83. The zero-order valence-electron chi connectivity index (χ0n) is 10.3. The van der Waals surface area contributed by atoms with Crippen LogP contribution in [0.4, 0.5) is 0 Å². The number of carbonyl (C=O) groups excluding carboxylic acids is 2. The smallest absolute Gasteiger partial charge is 0.338 e. The van der Waals surface area contributed by atoms with Crippen LogP contribution in [-0.2, 0) is 16.0 Å². The molecule has 0 spiro atoms.